The third-order valence-corrected chi connectivity index (χ3v) is 7.36. The summed E-state index contributed by atoms with van der Waals surface area (Å²) in [6, 6.07) is 11.0. The van der Waals surface area contributed by atoms with Crippen LogP contribution in [0.4, 0.5) is 9.18 Å². The van der Waals surface area contributed by atoms with Crippen molar-refractivity contribution in [3.05, 3.63) is 69.1 Å². The van der Waals surface area contributed by atoms with Crippen molar-refractivity contribution in [2.45, 2.75) is 53.1 Å². The number of aryl methyl sites for hydroxylation is 1. The standard InChI is InChI=1S/C29H33FN2O4S/c1-16(2)22(15-31-28(34)36-29(4,5)6)20-11-9-18(14-23(20)30)19-10-8-17(3)25-24(19)21-12-13-37-26(21)27(33)32(25)35-7/h8-14,16,22H,15H2,1-7H3,(H,31,34). The number of pyridine rings is 1. The molecule has 1 N–H and O–H groups in total. The van der Waals surface area contributed by atoms with E-state index in [1.165, 1.54) is 29.2 Å². The van der Waals surface area contributed by atoms with Crippen molar-refractivity contribution in [1.29, 1.82) is 0 Å². The summed E-state index contributed by atoms with van der Waals surface area (Å²) in [5.74, 6) is -0.506. The van der Waals surface area contributed by atoms with Crippen molar-refractivity contribution in [3.63, 3.8) is 0 Å². The SMILES string of the molecule is COn1c(=O)c2sccc2c2c(-c3ccc(C(CNC(=O)OC(C)(C)C)C(C)C)c(F)c3)ccc(C)c21. The van der Waals surface area contributed by atoms with Crippen LogP contribution in [0.25, 0.3) is 32.1 Å². The number of hydrogen-bond acceptors (Lipinski definition) is 5. The Morgan fingerprint density at radius 2 is 1.89 bits per heavy atom. The summed E-state index contributed by atoms with van der Waals surface area (Å²) in [6.45, 7) is 11.6. The first-order valence-electron chi connectivity index (χ1n) is 12.3. The molecule has 0 aliphatic rings. The van der Waals surface area contributed by atoms with Gasteiger partial charge in [-0.3, -0.25) is 4.79 Å². The minimum Gasteiger partial charge on any atom is -0.444 e. The van der Waals surface area contributed by atoms with Crippen LogP contribution in [0.5, 0.6) is 0 Å². The zero-order valence-electron chi connectivity index (χ0n) is 22.3. The van der Waals surface area contributed by atoms with Crippen LogP contribution >= 0.6 is 11.3 Å². The third-order valence-electron chi connectivity index (χ3n) is 6.46. The molecule has 2 aromatic heterocycles. The van der Waals surface area contributed by atoms with E-state index >= 15 is 4.39 Å². The van der Waals surface area contributed by atoms with Crippen LogP contribution in [-0.4, -0.2) is 30.1 Å². The number of carbonyl (C=O) groups is 1. The summed E-state index contributed by atoms with van der Waals surface area (Å²) in [6.07, 6.45) is -0.523. The van der Waals surface area contributed by atoms with Crippen LogP contribution in [-0.2, 0) is 4.74 Å². The maximum atomic E-state index is 15.7. The predicted molar refractivity (Wildman–Crippen MR) is 148 cm³/mol. The first-order valence-corrected chi connectivity index (χ1v) is 13.2. The molecule has 4 rings (SSSR count). The molecule has 37 heavy (non-hydrogen) atoms. The van der Waals surface area contributed by atoms with E-state index in [2.05, 4.69) is 5.32 Å². The van der Waals surface area contributed by atoms with Crippen LogP contribution in [0.3, 0.4) is 0 Å². The van der Waals surface area contributed by atoms with E-state index in [0.717, 1.165) is 21.9 Å². The van der Waals surface area contributed by atoms with Gasteiger partial charge in [0.25, 0.3) is 0 Å². The van der Waals surface area contributed by atoms with Gasteiger partial charge in [-0.1, -0.05) is 38.1 Å². The number of rotatable bonds is 6. The lowest BCUT2D eigenvalue weighted by Gasteiger charge is -2.25. The Hall–Kier alpha value is -3.39. The molecule has 0 fully saturated rings. The van der Waals surface area contributed by atoms with Crippen molar-refractivity contribution in [2.24, 2.45) is 5.92 Å². The molecule has 0 bridgehead atoms. The molecular weight excluding hydrogens is 491 g/mol. The van der Waals surface area contributed by atoms with Gasteiger partial charge in [0.05, 0.1) is 5.52 Å². The highest BCUT2D eigenvalue weighted by Gasteiger charge is 2.24. The summed E-state index contributed by atoms with van der Waals surface area (Å²) >= 11 is 1.36. The molecule has 8 heteroatoms. The molecular formula is C29H33FN2O4S. The lowest BCUT2D eigenvalue weighted by atomic mass is 9.86. The molecule has 1 amide bonds. The van der Waals surface area contributed by atoms with Crippen molar-refractivity contribution in [3.8, 4) is 11.1 Å². The second-order valence-electron chi connectivity index (χ2n) is 10.6. The average molecular weight is 525 g/mol. The Morgan fingerprint density at radius 3 is 2.51 bits per heavy atom. The van der Waals surface area contributed by atoms with E-state index in [0.29, 0.717) is 21.3 Å². The first-order chi connectivity index (χ1) is 17.4. The van der Waals surface area contributed by atoms with Crippen LogP contribution < -0.4 is 15.7 Å². The highest BCUT2D eigenvalue weighted by molar-refractivity contribution is 7.17. The van der Waals surface area contributed by atoms with Crippen LogP contribution in [0.1, 0.15) is 51.7 Å². The summed E-state index contributed by atoms with van der Waals surface area (Å²) in [7, 11) is 1.47. The summed E-state index contributed by atoms with van der Waals surface area (Å²) in [4.78, 5) is 30.7. The van der Waals surface area contributed by atoms with Gasteiger partial charge in [0.2, 0.25) is 0 Å². The average Bonchev–Trinajstić information content (AvgIpc) is 3.30. The fraction of sp³-hybridized carbons (Fsp3) is 0.379. The number of halogens is 1. The monoisotopic (exact) mass is 524 g/mol. The van der Waals surface area contributed by atoms with E-state index in [9.17, 15) is 9.59 Å². The number of fused-ring (bicyclic) bond motifs is 3. The number of aromatic nitrogens is 1. The molecule has 196 valence electrons. The van der Waals surface area contributed by atoms with Gasteiger partial charge in [-0.15, -0.1) is 16.1 Å². The number of alkyl carbamates (subject to hydrolysis) is 1. The molecule has 0 aliphatic carbocycles. The quantitative estimate of drug-likeness (QED) is 0.306. The molecule has 2 aromatic carbocycles. The van der Waals surface area contributed by atoms with Crippen LogP contribution in [0.2, 0.25) is 0 Å². The van der Waals surface area contributed by atoms with Crippen molar-refractivity contribution in [1.82, 2.24) is 10.0 Å². The second kappa shape index (κ2) is 10.2. The number of ether oxygens (including phenoxy) is 1. The molecule has 4 aromatic rings. The molecule has 0 radical (unpaired) electrons. The first kappa shape index (κ1) is 26.7. The fourth-order valence-electron chi connectivity index (χ4n) is 4.72. The maximum Gasteiger partial charge on any atom is 0.407 e. The van der Waals surface area contributed by atoms with Crippen molar-refractivity contribution >= 4 is 38.4 Å². The fourth-order valence-corrected chi connectivity index (χ4v) is 5.54. The molecule has 1 atom stereocenters. The lowest BCUT2D eigenvalue weighted by molar-refractivity contribution is 0.0521. The Labute approximate surface area is 220 Å². The summed E-state index contributed by atoms with van der Waals surface area (Å²) in [5, 5.41) is 6.33. The Morgan fingerprint density at radius 1 is 1.16 bits per heavy atom. The molecule has 0 saturated heterocycles. The molecule has 2 heterocycles. The number of nitrogens with zero attached hydrogens (tertiary/aromatic N) is 1. The Bertz CT molecular complexity index is 1530. The second-order valence-corrected chi connectivity index (χ2v) is 11.5. The van der Waals surface area contributed by atoms with Crippen LogP contribution in [0, 0.1) is 18.7 Å². The maximum absolute atomic E-state index is 15.7. The van der Waals surface area contributed by atoms with E-state index in [1.807, 2.05) is 50.4 Å². The highest BCUT2D eigenvalue weighted by atomic mass is 32.1. The van der Waals surface area contributed by atoms with Gasteiger partial charge in [0.1, 0.15) is 23.2 Å². The van der Waals surface area contributed by atoms with Crippen LogP contribution in [0.15, 0.2) is 46.6 Å². The van der Waals surface area contributed by atoms with Gasteiger partial charge in [-0.25, -0.2) is 9.18 Å². The predicted octanol–water partition coefficient (Wildman–Crippen LogP) is 6.65. The van der Waals surface area contributed by atoms with Gasteiger partial charge < -0.3 is 14.9 Å². The van der Waals surface area contributed by atoms with E-state index in [1.54, 1.807) is 26.8 Å². The van der Waals surface area contributed by atoms with Gasteiger partial charge >= 0.3 is 11.7 Å². The van der Waals surface area contributed by atoms with Gasteiger partial charge in [-0.05, 0) is 73.4 Å². The minimum atomic E-state index is -0.608. The van der Waals surface area contributed by atoms with Gasteiger partial charge in [-0.2, -0.15) is 0 Å². The summed E-state index contributed by atoms with van der Waals surface area (Å²) in [5.41, 5.74) is 2.77. The van der Waals surface area contributed by atoms with Crippen molar-refractivity contribution in [2.75, 3.05) is 13.7 Å². The third kappa shape index (κ3) is 5.21. The smallest absolute Gasteiger partial charge is 0.407 e. The minimum absolute atomic E-state index is 0.0806. The molecule has 1 unspecified atom stereocenters. The topological polar surface area (TPSA) is 69.6 Å². The Balaban J connectivity index is 1.78. The van der Waals surface area contributed by atoms with Gasteiger partial charge in [0, 0.05) is 23.2 Å². The zero-order chi connectivity index (χ0) is 27.1. The molecule has 6 nitrogen and oxygen atoms in total. The number of carbonyl (C=O) groups excluding carboxylic acids is 1. The van der Waals surface area contributed by atoms with E-state index in [-0.39, 0.29) is 29.8 Å². The van der Waals surface area contributed by atoms with E-state index in [4.69, 9.17) is 9.57 Å². The van der Waals surface area contributed by atoms with Gasteiger partial charge in [0.15, 0.2) is 0 Å². The molecule has 0 saturated carbocycles. The lowest BCUT2D eigenvalue weighted by Crippen LogP contribution is -2.36. The number of thiophene rings is 1. The normalized spacial score (nSPS) is 12.8. The zero-order valence-corrected chi connectivity index (χ0v) is 23.1. The Kier molecular flexibility index (Phi) is 7.33. The number of amides is 1. The summed E-state index contributed by atoms with van der Waals surface area (Å²) < 4.78 is 22.9. The van der Waals surface area contributed by atoms with E-state index < -0.39 is 11.7 Å². The molecule has 0 spiro atoms. The highest BCUT2D eigenvalue weighted by Crippen LogP contribution is 2.37. The van der Waals surface area contributed by atoms with Crippen molar-refractivity contribution < 1.29 is 18.8 Å². The molecule has 0 aliphatic heterocycles. The largest absolute Gasteiger partial charge is 0.444 e. The number of benzene rings is 2. The number of hydrogen-bond donors (Lipinski definition) is 1. The number of nitrogens with one attached hydrogen (secondary N) is 1.